The van der Waals surface area contributed by atoms with Gasteiger partial charge in [-0.2, -0.15) is 0 Å². The van der Waals surface area contributed by atoms with Gasteiger partial charge in [-0.25, -0.2) is 14.8 Å². The van der Waals surface area contributed by atoms with E-state index in [2.05, 4.69) is 15.3 Å². The monoisotopic (exact) mass is 263 g/mol. The zero-order valence-corrected chi connectivity index (χ0v) is 11.7. The van der Waals surface area contributed by atoms with Crippen molar-refractivity contribution in [1.82, 2.24) is 15.3 Å². The van der Waals surface area contributed by atoms with Crippen LogP contribution in [0, 0.1) is 5.92 Å². The van der Waals surface area contributed by atoms with E-state index < -0.39 is 5.60 Å². The highest BCUT2D eigenvalue weighted by Crippen LogP contribution is 2.29. The van der Waals surface area contributed by atoms with Crippen molar-refractivity contribution in [1.29, 1.82) is 0 Å². The van der Waals surface area contributed by atoms with E-state index in [-0.39, 0.29) is 12.1 Å². The Morgan fingerprint density at radius 3 is 2.58 bits per heavy atom. The molecule has 0 radical (unpaired) electrons. The van der Waals surface area contributed by atoms with Gasteiger partial charge in [-0.05, 0) is 45.6 Å². The largest absolute Gasteiger partial charge is 0.444 e. The normalized spacial score (nSPS) is 22.5. The van der Waals surface area contributed by atoms with Crippen LogP contribution in [0.1, 0.15) is 39.4 Å². The van der Waals surface area contributed by atoms with Crippen molar-refractivity contribution in [2.24, 2.45) is 5.92 Å². The highest BCUT2D eigenvalue weighted by atomic mass is 16.6. The lowest BCUT2D eigenvalue weighted by atomic mass is 9.78. The first kappa shape index (κ1) is 13.8. The summed E-state index contributed by atoms with van der Waals surface area (Å²) in [5.41, 5.74) is -0.439. The number of hydrogen-bond donors (Lipinski definition) is 1. The molecule has 0 bridgehead atoms. The van der Waals surface area contributed by atoms with E-state index >= 15 is 0 Å². The number of nitrogens with one attached hydrogen (secondary N) is 1. The van der Waals surface area contributed by atoms with Gasteiger partial charge in [0.25, 0.3) is 0 Å². The summed E-state index contributed by atoms with van der Waals surface area (Å²) in [6.07, 6.45) is 6.02. The Hall–Kier alpha value is -1.65. The first-order valence-corrected chi connectivity index (χ1v) is 6.68. The third kappa shape index (κ3) is 4.50. The summed E-state index contributed by atoms with van der Waals surface area (Å²) in [5, 5.41) is 2.89. The zero-order chi connectivity index (χ0) is 13.9. The third-order valence-electron chi connectivity index (χ3n) is 3.05. The number of amides is 1. The smallest absolute Gasteiger partial charge is 0.407 e. The van der Waals surface area contributed by atoms with Gasteiger partial charge < -0.3 is 10.1 Å². The summed E-state index contributed by atoms with van der Waals surface area (Å²) in [4.78, 5) is 20.0. The Labute approximate surface area is 113 Å². The van der Waals surface area contributed by atoms with Crippen LogP contribution in [0.15, 0.2) is 18.5 Å². The highest BCUT2D eigenvalue weighted by Gasteiger charge is 2.32. The summed E-state index contributed by atoms with van der Waals surface area (Å²) >= 11 is 0. The van der Waals surface area contributed by atoms with E-state index in [0.717, 1.165) is 25.1 Å². The Bertz CT molecular complexity index is 422. The van der Waals surface area contributed by atoms with Crippen LogP contribution in [-0.4, -0.2) is 27.7 Å². The lowest BCUT2D eigenvalue weighted by Crippen LogP contribution is -2.46. The van der Waals surface area contributed by atoms with Crippen molar-refractivity contribution in [3.63, 3.8) is 0 Å². The van der Waals surface area contributed by atoms with Crippen molar-refractivity contribution >= 4 is 6.09 Å². The van der Waals surface area contributed by atoms with E-state index in [1.807, 2.05) is 26.8 Å². The fourth-order valence-electron chi connectivity index (χ4n) is 2.19. The predicted molar refractivity (Wildman–Crippen MR) is 71.6 cm³/mol. The van der Waals surface area contributed by atoms with Crippen LogP contribution in [0.25, 0.3) is 0 Å². The van der Waals surface area contributed by atoms with Gasteiger partial charge in [-0.1, -0.05) is 0 Å². The fraction of sp³-hybridized carbons (Fsp3) is 0.643. The van der Waals surface area contributed by atoms with Crippen LogP contribution >= 0.6 is 0 Å². The van der Waals surface area contributed by atoms with Crippen molar-refractivity contribution in [2.75, 3.05) is 0 Å². The van der Waals surface area contributed by atoms with Gasteiger partial charge in [0.1, 0.15) is 11.4 Å². The molecule has 1 fully saturated rings. The van der Waals surface area contributed by atoms with Crippen LogP contribution in [0.2, 0.25) is 0 Å². The Morgan fingerprint density at radius 2 is 2.00 bits per heavy atom. The van der Waals surface area contributed by atoms with E-state index in [1.54, 1.807) is 12.4 Å². The maximum atomic E-state index is 11.6. The number of carbonyl (C=O) groups excluding carboxylic acids is 1. The average Bonchev–Trinajstić information content (AvgIpc) is 2.25. The van der Waals surface area contributed by atoms with Crippen LogP contribution in [0.4, 0.5) is 4.79 Å². The summed E-state index contributed by atoms with van der Waals surface area (Å²) in [5.74, 6) is 1.44. The Kier molecular flexibility index (Phi) is 4.02. The average molecular weight is 263 g/mol. The number of rotatable bonds is 3. The second-order valence-corrected chi connectivity index (χ2v) is 6.05. The number of carbonyl (C=O) groups is 1. The summed E-state index contributed by atoms with van der Waals surface area (Å²) in [6, 6.07) is 2.04. The molecule has 1 saturated carbocycles. The number of aromatic nitrogens is 2. The van der Waals surface area contributed by atoms with E-state index in [9.17, 15) is 4.79 Å². The van der Waals surface area contributed by atoms with Crippen molar-refractivity contribution < 1.29 is 9.53 Å². The van der Waals surface area contributed by atoms with E-state index in [1.165, 1.54) is 0 Å². The molecule has 0 spiro atoms. The number of alkyl carbamates (subject to hydrolysis) is 1. The minimum atomic E-state index is -0.439. The molecule has 1 heterocycles. The molecule has 1 aromatic rings. The van der Waals surface area contributed by atoms with Gasteiger partial charge in [0.15, 0.2) is 0 Å². The quantitative estimate of drug-likeness (QED) is 0.909. The van der Waals surface area contributed by atoms with Crippen LogP contribution < -0.4 is 5.32 Å². The molecule has 1 amide bonds. The molecule has 0 aliphatic heterocycles. The first-order valence-electron chi connectivity index (χ1n) is 6.68. The molecular weight excluding hydrogens is 242 g/mol. The number of ether oxygens (including phenoxy) is 1. The molecule has 104 valence electrons. The summed E-state index contributed by atoms with van der Waals surface area (Å²) in [6.45, 7) is 5.59. The molecule has 0 saturated heterocycles. The van der Waals surface area contributed by atoms with Gasteiger partial charge in [0.05, 0.1) is 0 Å². The second kappa shape index (κ2) is 5.55. The lowest BCUT2D eigenvalue weighted by Gasteiger charge is -2.35. The summed E-state index contributed by atoms with van der Waals surface area (Å²) < 4.78 is 5.22. The molecule has 5 heteroatoms. The number of nitrogens with zero attached hydrogens (tertiary/aromatic N) is 2. The van der Waals surface area contributed by atoms with Gasteiger partial charge in [-0.3, -0.25) is 0 Å². The third-order valence-corrected chi connectivity index (χ3v) is 3.05. The molecule has 1 aliphatic rings. The lowest BCUT2D eigenvalue weighted by molar-refractivity contribution is 0.0452. The van der Waals surface area contributed by atoms with E-state index in [4.69, 9.17) is 4.74 Å². The van der Waals surface area contributed by atoms with Crippen LogP contribution in [0.3, 0.4) is 0 Å². The first-order chi connectivity index (χ1) is 8.92. The Balaban J connectivity index is 1.68. The van der Waals surface area contributed by atoms with Crippen LogP contribution in [-0.2, 0) is 11.2 Å². The highest BCUT2D eigenvalue weighted by molar-refractivity contribution is 5.68. The van der Waals surface area contributed by atoms with Gasteiger partial charge in [-0.15, -0.1) is 0 Å². The van der Waals surface area contributed by atoms with Crippen LogP contribution in [0.5, 0.6) is 0 Å². The molecular formula is C14H21N3O2. The maximum Gasteiger partial charge on any atom is 0.407 e. The molecule has 0 aromatic carbocycles. The Morgan fingerprint density at radius 1 is 1.37 bits per heavy atom. The maximum absolute atomic E-state index is 11.6. The minimum absolute atomic E-state index is 0.226. The topological polar surface area (TPSA) is 64.1 Å². The molecule has 5 nitrogen and oxygen atoms in total. The fourth-order valence-corrected chi connectivity index (χ4v) is 2.19. The molecule has 2 rings (SSSR count). The molecule has 1 N–H and O–H groups in total. The molecule has 1 aromatic heterocycles. The second-order valence-electron chi connectivity index (χ2n) is 6.05. The zero-order valence-electron chi connectivity index (χ0n) is 11.7. The predicted octanol–water partition coefficient (Wildman–Crippen LogP) is 2.32. The minimum Gasteiger partial charge on any atom is -0.444 e. The SMILES string of the molecule is CC(C)(C)OC(=O)N[C@H]1C[C@H](Cc2ncccn2)C1. The van der Waals surface area contributed by atoms with Crippen molar-refractivity contribution in [3.8, 4) is 0 Å². The standard InChI is InChI=1S/C14H21N3O2/c1-14(2,3)19-13(18)17-11-7-10(8-11)9-12-15-5-4-6-16-12/h4-6,10-11H,7-9H2,1-3H3,(H,17,18)/t10-,11-. The van der Waals surface area contributed by atoms with Gasteiger partial charge in [0, 0.05) is 24.9 Å². The van der Waals surface area contributed by atoms with Gasteiger partial charge in [0.2, 0.25) is 0 Å². The van der Waals surface area contributed by atoms with E-state index in [0.29, 0.717) is 5.92 Å². The van der Waals surface area contributed by atoms with Crippen molar-refractivity contribution in [2.45, 2.75) is 51.7 Å². The molecule has 19 heavy (non-hydrogen) atoms. The molecule has 0 atom stereocenters. The number of hydrogen-bond acceptors (Lipinski definition) is 4. The van der Waals surface area contributed by atoms with Crippen molar-refractivity contribution in [3.05, 3.63) is 24.3 Å². The molecule has 1 aliphatic carbocycles. The van der Waals surface area contributed by atoms with Gasteiger partial charge >= 0.3 is 6.09 Å². The molecule has 0 unspecified atom stereocenters. The summed E-state index contributed by atoms with van der Waals surface area (Å²) in [7, 11) is 0.